The molecule has 2 aromatic carbocycles. The van der Waals surface area contributed by atoms with E-state index >= 15 is 0 Å². The summed E-state index contributed by atoms with van der Waals surface area (Å²) in [5.41, 5.74) is 7.72. The standard InChI is InChI=1S/C15H11NO.C3H7NOS/c1-3-7-12(8-4-1)14-15(17-11-16-14)13-9-5-2-6-10-13;4-3(5)1-2-6/h1-11H;6H,1-2H2,(H2,4,5). The molecule has 3 rings (SSSR count). The third kappa shape index (κ3) is 5.00. The molecule has 1 amide bonds. The van der Waals surface area contributed by atoms with Crippen LogP contribution in [0.15, 0.2) is 71.5 Å². The molecule has 0 saturated carbocycles. The highest BCUT2D eigenvalue weighted by molar-refractivity contribution is 7.80. The van der Waals surface area contributed by atoms with Crippen molar-refractivity contribution in [2.45, 2.75) is 6.42 Å². The minimum Gasteiger partial charge on any atom is -0.443 e. The lowest BCUT2D eigenvalue weighted by molar-refractivity contribution is -0.117. The smallest absolute Gasteiger partial charge is 0.218 e. The van der Waals surface area contributed by atoms with Crippen molar-refractivity contribution in [2.75, 3.05) is 5.75 Å². The zero-order valence-corrected chi connectivity index (χ0v) is 13.4. The predicted octanol–water partition coefficient (Wildman–Crippen LogP) is 3.80. The SMILES string of the molecule is NC(=O)CCS.c1ccc(-c2ncoc2-c2ccccc2)cc1. The van der Waals surface area contributed by atoms with Crippen molar-refractivity contribution in [1.82, 2.24) is 4.98 Å². The van der Waals surface area contributed by atoms with Crippen LogP contribution in [0.25, 0.3) is 22.6 Å². The Morgan fingerprint density at radius 1 is 1.00 bits per heavy atom. The highest BCUT2D eigenvalue weighted by Gasteiger charge is 2.11. The number of nitrogens with two attached hydrogens (primary N) is 1. The Morgan fingerprint density at radius 2 is 1.57 bits per heavy atom. The van der Waals surface area contributed by atoms with E-state index in [2.05, 4.69) is 17.6 Å². The lowest BCUT2D eigenvalue weighted by Gasteiger charge is -2.00. The van der Waals surface area contributed by atoms with Gasteiger partial charge >= 0.3 is 0 Å². The molecule has 4 nitrogen and oxygen atoms in total. The Bertz CT molecular complexity index is 673. The number of hydrogen-bond acceptors (Lipinski definition) is 4. The number of hydrogen-bond donors (Lipinski definition) is 2. The third-order valence-corrected chi connectivity index (χ3v) is 3.23. The molecular weight excluding hydrogens is 308 g/mol. The summed E-state index contributed by atoms with van der Waals surface area (Å²) in [5, 5.41) is 0. The maximum Gasteiger partial charge on any atom is 0.218 e. The van der Waals surface area contributed by atoms with E-state index in [0.717, 1.165) is 22.6 Å². The van der Waals surface area contributed by atoms with Crippen molar-refractivity contribution in [1.29, 1.82) is 0 Å². The highest BCUT2D eigenvalue weighted by atomic mass is 32.1. The molecule has 0 aliphatic rings. The highest BCUT2D eigenvalue weighted by Crippen LogP contribution is 2.30. The van der Waals surface area contributed by atoms with E-state index in [1.165, 1.54) is 6.39 Å². The molecule has 0 fully saturated rings. The van der Waals surface area contributed by atoms with E-state index in [0.29, 0.717) is 12.2 Å². The summed E-state index contributed by atoms with van der Waals surface area (Å²) >= 11 is 3.76. The second kappa shape index (κ2) is 8.80. The van der Waals surface area contributed by atoms with Gasteiger partial charge in [-0.05, 0) is 5.75 Å². The van der Waals surface area contributed by atoms with Crippen molar-refractivity contribution < 1.29 is 9.21 Å². The van der Waals surface area contributed by atoms with Crippen molar-refractivity contribution in [3.8, 4) is 22.6 Å². The largest absolute Gasteiger partial charge is 0.443 e. The Morgan fingerprint density at radius 3 is 2.04 bits per heavy atom. The van der Waals surface area contributed by atoms with Gasteiger partial charge in [-0.1, -0.05) is 60.7 Å². The van der Waals surface area contributed by atoms with Crippen LogP contribution < -0.4 is 5.73 Å². The van der Waals surface area contributed by atoms with Crippen LogP contribution in [0.5, 0.6) is 0 Å². The minimum atomic E-state index is -0.287. The van der Waals surface area contributed by atoms with Gasteiger partial charge in [-0.15, -0.1) is 0 Å². The summed E-state index contributed by atoms with van der Waals surface area (Å²) in [6, 6.07) is 20.1. The average Bonchev–Trinajstić information content (AvgIpc) is 3.06. The second-order valence-electron chi connectivity index (χ2n) is 4.70. The first-order valence-corrected chi connectivity index (χ1v) is 7.79. The average molecular weight is 326 g/mol. The third-order valence-electron chi connectivity index (χ3n) is 3.01. The van der Waals surface area contributed by atoms with Gasteiger partial charge in [-0.3, -0.25) is 4.79 Å². The lowest BCUT2D eigenvalue weighted by atomic mass is 10.1. The number of benzene rings is 2. The number of primary amides is 1. The van der Waals surface area contributed by atoms with Crippen LogP contribution in [0.4, 0.5) is 0 Å². The van der Waals surface area contributed by atoms with Crippen molar-refractivity contribution in [3.63, 3.8) is 0 Å². The fourth-order valence-electron chi connectivity index (χ4n) is 1.95. The summed E-state index contributed by atoms with van der Waals surface area (Å²) in [4.78, 5) is 14.1. The van der Waals surface area contributed by atoms with Crippen molar-refractivity contribution in [2.24, 2.45) is 5.73 Å². The molecule has 0 aliphatic heterocycles. The lowest BCUT2D eigenvalue weighted by Crippen LogP contribution is -2.09. The first kappa shape index (κ1) is 16.8. The van der Waals surface area contributed by atoms with E-state index in [4.69, 9.17) is 10.2 Å². The summed E-state index contributed by atoms with van der Waals surface area (Å²) in [5.74, 6) is 1.08. The topological polar surface area (TPSA) is 69.1 Å². The molecule has 1 aromatic heterocycles. The number of aromatic nitrogens is 1. The number of thiol groups is 1. The summed E-state index contributed by atoms with van der Waals surface area (Å²) in [6.45, 7) is 0. The zero-order chi connectivity index (χ0) is 16.5. The van der Waals surface area contributed by atoms with E-state index in [1.807, 2.05) is 60.7 Å². The fraction of sp³-hybridized carbons (Fsp3) is 0.111. The Labute approximate surface area is 140 Å². The van der Waals surface area contributed by atoms with Gasteiger partial charge in [0.2, 0.25) is 5.91 Å². The van der Waals surface area contributed by atoms with Crippen LogP contribution in [0, 0.1) is 0 Å². The van der Waals surface area contributed by atoms with Crippen molar-refractivity contribution >= 4 is 18.5 Å². The maximum atomic E-state index is 9.77. The van der Waals surface area contributed by atoms with E-state index in [1.54, 1.807) is 0 Å². The second-order valence-corrected chi connectivity index (χ2v) is 5.15. The molecule has 0 unspecified atom stereocenters. The Balaban J connectivity index is 0.000000277. The first-order valence-electron chi connectivity index (χ1n) is 7.16. The number of carbonyl (C=O) groups is 1. The number of amides is 1. The zero-order valence-electron chi connectivity index (χ0n) is 12.6. The van der Waals surface area contributed by atoms with Crippen LogP contribution in [0.1, 0.15) is 6.42 Å². The number of oxazole rings is 1. The molecule has 2 N–H and O–H groups in total. The number of carbonyl (C=O) groups excluding carboxylic acids is 1. The summed E-state index contributed by atoms with van der Waals surface area (Å²) < 4.78 is 5.49. The molecule has 0 saturated heterocycles. The summed E-state index contributed by atoms with van der Waals surface area (Å²) in [6.07, 6.45) is 1.87. The maximum absolute atomic E-state index is 9.77. The van der Waals surface area contributed by atoms with Crippen molar-refractivity contribution in [3.05, 3.63) is 67.1 Å². The van der Waals surface area contributed by atoms with Gasteiger partial charge in [-0.2, -0.15) is 12.6 Å². The molecule has 0 aliphatic carbocycles. The van der Waals surface area contributed by atoms with Crippen LogP contribution >= 0.6 is 12.6 Å². The van der Waals surface area contributed by atoms with E-state index < -0.39 is 0 Å². The van der Waals surface area contributed by atoms with Gasteiger partial charge in [-0.25, -0.2) is 4.98 Å². The number of rotatable bonds is 4. The molecule has 1 heterocycles. The molecule has 0 atom stereocenters. The van der Waals surface area contributed by atoms with Gasteiger partial charge in [0, 0.05) is 17.5 Å². The molecule has 118 valence electrons. The molecule has 0 radical (unpaired) electrons. The normalized spacial score (nSPS) is 9.78. The quantitative estimate of drug-likeness (QED) is 0.717. The molecule has 0 spiro atoms. The molecule has 3 aromatic rings. The van der Waals surface area contributed by atoms with E-state index in [9.17, 15) is 4.79 Å². The fourth-order valence-corrected chi connectivity index (χ4v) is 2.17. The van der Waals surface area contributed by atoms with Crippen LogP contribution in [0.2, 0.25) is 0 Å². The van der Waals surface area contributed by atoms with Gasteiger partial charge in [0.05, 0.1) is 0 Å². The predicted molar refractivity (Wildman–Crippen MR) is 95.0 cm³/mol. The monoisotopic (exact) mass is 326 g/mol. The minimum absolute atomic E-state index is 0.287. The molecule has 5 heteroatoms. The van der Waals surface area contributed by atoms with Crippen LogP contribution in [-0.2, 0) is 4.79 Å². The first-order chi connectivity index (χ1) is 11.2. The van der Waals surface area contributed by atoms with Gasteiger partial charge in [0.25, 0.3) is 0 Å². The molecular formula is C18H18N2O2S. The van der Waals surface area contributed by atoms with Gasteiger partial charge in [0.1, 0.15) is 5.69 Å². The molecule has 23 heavy (non-hydrogen) atoms. The Kier molecular flexibility index (Phi) is 6.44. The van der Waals surface area contributed by atoms with Crippen LogP contribution in [-0.4, -0.2) is 16.6 Å². The molecule has 0 bridgehead atoms. The van der Waals surface area contributed by atoms with Gasteiger partial charge in [0.15, 0.2) is 12.2 Å². The van der Waals surface area contributed by atoms with Crippen LogP contribution in [0.3, 0.4) is 0 Å². The van der Waals surface area contributed by atoms with E-state index in [-0.39, 0.29) is 5.91 Å². The van der Waals surface area contributed by atoms with Gasteiger partial charge < -0.3 is 10.2 Å². The number of nitrogens with zero attached hydrogens (tertiary/aromatic N) is 1. The Hall–Kier alpha value is -2.53. The summed E-state index contributed by atoms with van der Waals surface area (Å²) in [7, 11) is 0.